The van der Waals surface area contributed by atoms with E-state index in [1.54, 1.807) is 36.4 Å². The predicted octanol–water partition coefficient (Wildman–Crippen LogP) is 5.67. The monoisotopic (exact) mass is 496 g/mol. The van der Waals surface area contributed by atoms with Crippen LogP contribution in [0.3, 0.4) is 0 Å². The molecule has 3 aromatic carbocycles. The molecule has 7 heteroatoms. The number of ketones is 1. The van der Waals surface area contributed by atoms with E-state index >= 15 is 0 Å². The maximum Gasteiger partial charge on any atom is 0.231 e. The van der Waals surface area contributed by atoms with E-state index in [1.807, 2.05) is 24.3 Å². The van der Waals surface area contributed by atoms with Crippen LogP contribution in [-0.4, -0.2) is 27.1 Å². The van der Waals surface area contributed by atoms with Crippen LogP contribution in [-0.2, 0) is 6.61 Å². The number of hydrogen-bond acceptors (Lipinski definition) is 6. The van der Waals surface area contributed by atoms with Crippen molar-refractivity contribution in [1.82, 2.24) is 0 Å². The van der Waals surface area contributed by atoms with E-state index in [0.29, 0.717) is 46.5 Å². The molecule has 0 atom stereocenters. The summed E-state index contributed by atoms with van der Waals surface area (Å²) in [5.74, 6) is 2.55. The smallest absolute Gasteiger partial charge is 0.231 e. The number of allylic oxidation sites excluding steroid dienone is 1. The highest BCUT2D eigenvalue weighted by Gasteiger charge is 2.28. The molecule has 32 heavy (non-hydrogen) atoms. The SMILES string of the molecule is COc1cc(/C=C2\Oc3cc(OCc4ccc(Br)cc4)ccc3C2=O)cc(OC)c1OC. The summed E-state index contributed by atoms with van der Waals surface area (Å²) < 4.78 is 28.8. The second-order valence-corrected chi connectivity index (χ2v) is 7.89. The second kappa shape index (κ2) is 9.36. The average Bonchev–Trinajstić information content (AvgIpc) is 3.12. The van der Waals surface area contributed by atoms with E-state index < -0.39 is 0 Å². The van der Waals surface area contributed by atoms with Gasteiger partial charge in [-0.1, -0.05) is 28.1 Å². The van der Waals surface area contributed by atoms with E-state index in [1.165, 1.54) is 21.3 Å². The average molecular weight is 497 g/mol. The third-order valence-corrected chi connectivity index (χ3v) is 5.47. The molecular formula is C25H21BrO6. The van der Waals surface area contributed by atoms with Crippen molar-refractivity contribution in [2.45, 2.75) is 6.61 Å². The highest BCUT2D eigenvalue weighted by molar-refractivity contribution is 9.10. The number of carbonyl (C=O) groups excluding carboxylic acids is 1. The molecule has 0 aromatic heterocycles. The number of carbonyl (C=O) groups is 1. The Morgan fingerprint density at radius 2 is 1.59 bits per heavy atom. The summed E-state index contributed by atoms with van der Waals surface area (Å²) >= 11 is 3.42. The molecule has 1 aliphatic rings. The predicted molar refractivity (Wildman–Crippen MR) is 124 cm³/mol. The van der Waals surface area contributed by atoms with Crippen molar-refractivity contribution in [2.75, 3.05) is 21.3 Å². The Bertz CT molecular complexity index is 1160. The molecule has 0 fully saturated rings. The van der Waals surface area contributed by atoms with Crippen LogP contribution in [0.15, 0.2) is 64.8 Å². The van der Waals surface area contributed by atoms with Crippen LogP contribution in [0.2, 0.25) is 0 Å². The number of ether oxygens (including phenoxy) is 5. The minimum Gasteiger partial charge on any atom is -0.493 e. The molecular weight excluding hydrogens is 476 g/mol. The zero-order chi connectivity index (χ0) is 22.7. The van der Waals surface area contributed by atoms with Gasteiger partial charge in [-0.25, -0.2) is 0 Å². The topological polar surface area (TPSA) is 63.2 Å². The fourth-order valence-corrected chi connectivity index (χ4v) is 3.60. The molecule has 0 amide bonds. The van der Waals surface area contributed by atoms with Gasteiger partial charge in [0, 0.05) is 10.5 Å². The number of methoxy groups -OCH3 is 3. The minimum atomic E-state index is -0.201. The summed E-state index contributed by atoms with van der Waals surface area (Å²) in [6.45, 7) is 0.411. The Kier molecular flexibility index (Phi) is 6.37. The van der Waals surface area contributed by atoms with Gasteiger partial charge in [-0.15, -0.1) is 0 Å². The van der Waals surface area contributed by atoms with Crippen molar-refractivity contribution in [1.29, 1.82) is 0 Å². The molecule has 0 N–H and O–H groups in total. The maximum absolute atomic E-state index is 12.8. The van der Waals surface area contributed by atoms with E-state index in [9.17, 15) is 4.79 Å². The van der Waals surface area contributed by atoms with Gasteiger partial charge in [0.1, 0.15) is 18.1 Å². The van der Waals surface area contributed by atoms with Crippen molar-refractivity contribution in [2.24, 2.45) is 0 Å². The summed E-state index contributed by atoms with van der Waals surface area (Å²) in [6.07, 6.45) is 1.65. The highest BCUT2D eigenvalue weighted by atomic mass is 79.9. The third kappa shape index (κ3) is 4.43. The molecule has 1 heterocycles. The van der Waals surface area contributed by atoms with Gasteiger partial charge in [0.15, 0.2) is 17.3 Å². The Hall–Kier alpha value is -3.45. The molecule has 3 aromatic rings. The first kappa shape index (κ1) is 21.8. The largest absolute Gasteiger partial charge is 0.493 e. The van der Waals surface area contributed by atoms with Gasteiger partial charge < -0.3 is 23.7 Å². The summed E-state index contributed by atoms with van der Waals surface area (Å²) in [6, 6.07) is 16.6. The van der Waals surface area contributed by atoms with Crippen LogP contribution < -0.4 is 23.7 Å². The van der Waals surface area contributed by atoms with Gasteiger partial charge in [-0.2, -0.15) is 0 Å². The summed E-state index contributed by atoms with van der Waals surface area (Å²) in [5, 5.41) is 0. The van der Waals surface area contributed by atoms with Crippen LogP contribution >= 0.6 is 15.9 Å². The lowest BCUT2D eigenvalue weighted by Gasteiger charge is -2.13. The first-order chi connectivity index (χ1) is 15.5. The van der Waals surface area contributed by atoms with Gasteiger partial charge >= 0.3 is 0 Å². The van der Waals surface area contributed by atoms with Crippen LogP contribution in [0.25, 0.3) is 6.08 Å². The number of halogens is 1. The van der Waals surface area contributed by atoms with Crippen LogP contribution in [0.1, 0.15) is 21.5 Å². The van der Waals surface area contributed by atoms with Crippen molar-refractivity contribution in [3.63, 3.8) is 0 Å². The first-order valence-corrected chi connectivity index (χ1v) is 10.6. The van der Waals surface area contributed by atoms with Crippen molar-refractivity contribution >= 4 is 27.8 Å². The van der Waals surface area contributed by atoms with Gasteiger partial charge in [-0.05, 0) is 53.6 Å². The fourth-order valence-electron chi connectivity index (χ4n) is 3.34. The number of fused-ring (bicyclic) bond motifs is 1. The molecule has 0 saturated carbocycles. The molecule has 0 radical (unpaired) electrons. The van der Waals surface area contributed by atoms with E-state index in [2.05, 4.69) is 15.9 Å². The zero-order valence-corrected chi connectivity index (χ0v) is 19.4. The number of hydrogen-bond donors (Lipinski definition) is 0. The lowest BCUT2D eigenvalue weighted by molar-refractivity contribution is 0.101. The van der Waals surface area contributed by atoms with E-state index in [0.717, 1.165) is 10.0 Å². The van der Waals surface area contributed by atoms with Gasteiger partial charge in [-0.3, -0.25) is 4.79 Å². The lowest BCUT2D eigenvalue weighted by Crippen LogP contribution is -1.99. The molecule has 4 rings (SSSR count). The molecule has 0 saturated heterocycles. The first-order valence-electron chi connectivity index (χ1n) is 9.78. The lowest BCUT2D eigenvalue weighted by atomic mass is 10.1. The Morgan fingerprint density at radius 1 is 0.906 bits per heavy atom. The molecule has 0 bridgehead atoms. The number of Topliss-reactive ketones (excluding diaryl/α,β-unsaturated/α-hetero) is 1. The van der Waals surface area contributed by atoms with Gasteiger partial charge in [0.2, 0.25) is 11.5 Å². The third-order valence-electron chi connectivity index (χ3n) is 4.94. The van der Waals surface area contributed by atoms with Crippen molar-refractivity contribution < 1.29 is 28.5 Å². The second-order valence-electron chi connectivity index (χ2n) is 6.97. The molecule has 6 nitrogen and oxygen atoms in total. The quantitative estimate of drug-likeness (QED) is 0.392. The fraction of sp³-hybridized carbons (Fsp3) is 0.160. The summed E-state index contributed by atoms with van der Waals surface area (Å²) in [7, 11) is 4.61. The van der Waals surface area contributed by atoms with E-state index in [4.69, 9.17) is 23.7 Å². The summed E-state index contributed by atoms with van der Waals surface area (Å²) in [5.41, 5.74) is 2.20. The molecule has 0 aliphatic carbocycles. The van der Waals surface area contributed by atoms with Crippen LogP contribution in [0.5, 0.6) is 28.7 Å². The highest BCUT2D eigenvalue weighted by Crippen LogP contribution is 2.40. The zero-order valence-electron chi connectivity index (χ0n) is 17.8. The number of rotatable bonds is 7. The Labute approximate surface area is 194 Å². The standard InChI is InChI=1S/C25H21BrO6/c1-28-22-11-16(12-23(29-2)25(22)30-3)10-21-24(27)19-9-8-18(13-20(19)32-21)31-14-15-4-6-17(26)7-5-15/h4-13H,14H2,1-3H3/b21-10-. The molecule has 164 valence electrons. The minimum absolute atomic E-state index is 0.201. The van der Waals surface area contributed by atoms with Crippen molar-refractivity contribution in [3.05, 3.63) is 81.5 Å². The maximum atomic E-state index is 12.8. The molecule has 0 unspecified atom stereocenters. The Balaban J connectivity index is 1.55. The van der Waals surface area contributed by atoms with Gasteiger partial charge in [0.25, 0.3) is 0 Å². The normalized spacial score (nSPS) is 13.5. The van der Waals surface area contributed by atoms with E-state index in [-0.39, 0.29) is 11.5 Å². The summed E-state index contributed by atoms with van der Waals surface area (Å²) in [4.78, 5) is 12.8. The molecule has 1 aliphatic heterocycles. The van der Waals surface area contributed by atoms with Crippen molar-refractivity contribution in [3.8, 4) is 28.7 Å². The van der Waals surface area contributed by atoms with Crippen LogP contribution in [0, 0.1) is 0 Å². The van der Waals surface area contributed by atoms with Crippen LogP contribution in [0.4, 0.5) is 0 Å². The molecule has 0 spiro atoms. The van der Waals surface area contributed by atoms with Gasteiger partial charge in [0.05, 0.1) is 26.9 Å². The number of benzene rings is 3. The Morgan fingerprint density at radius 3 is 2.22 bits per heavy atom.